The molecule has 0 aliphatic carbocycles. The van der Waals surface area contributed by atoms with E-state index in [9.17, 15) is 4.79 Å². The van der Waals surface area contributed by atoms with Crippen LogP contribution in [0.15, 0.2) is 11.4 Å². The van der Waals surface area contributed by atoms with Gasteiger partial charge in [-0.25, -0.2) is 0 Å². The molecule has 1 aliphatic heterocycles. The van der Waals surface area contributed by atoms with Crippen LogP contribution in [0.4, 0.5) is 0 Å². The summed E-state index contributed by atoms with van der Waals surface area (Å²) in [5.74, 6) is 0.0745. The van der Waals surface area contributed by atoms with Crippen molar-refractivity contribution in [3.8, 4) is 0 Å². The Morgan fingerprint density at radius 3 is 3.19 bits per heavy atom. The Bertz CT molecular complexity index is 356. The van der Waals surface area contributed by atoms with E-state index in [1.54, 1.807) is 0 Å². The molecule has 1 atom stereocenters. The summed E-state index contributed by atoms with van der Waals surface area (Å²) in [6, 6.07) is 2.59. The van der Waals surface area contributed by atoms with Crippen LogP contribution >= 0.6 is 11.3 Å². The second-order valence-corrected chi connectivity index (χ2v) is 5.19. The lowest BCUT2D eigenvalue weighted by atomic mass is 10.1. The summed E-state index contributed by atoms with van der Waals surface area (Å²) in [6.45, 7) is 3.88. The fourth-order valence-electron chi connectivity index (χ4n) is 2.05. The van der Waals surface area contributed by atoms with Crippen LogP contribution in [0.5, 0.6) is 0 Å². The SMILES string of the molecule is Cc1ccsc1C(=O)NCC[C@H]1CCCN1. The number of aryl methyl sites for hydroxylation is 1. The second-order valence-electron chi connectivity index (χ2n) is 4.27. The summed E-state index contributed by atoms with van der Waals surface area (Å²) in [6.07, 6.45) is 3.55. The molecule has 0 spiro atoms. The molecule has 1 amide bonds. The third kappa shape index (κ3) is 2.83. The maximum Gasteiger partial charge on any atom is 0.261 e. The molecule has 4 heteroatoms. The number of amides is 1. The third-order valence-electron chi connectivity index (χ3n) is 3.01. The summed E-state index contributed by atoms with van der Waals surface area (Å²) in [7, 11) is 0. The molecule has 2 N–H and O–H groups in total. The molecule has 0 unspecified atom stereocenters. The lowest BCUT2D eigenvalue weighted by Gasteiger charge is -2.10. The van der Waals surface area contributed by atoms with Crippen molar-refractivity contribution >= 4 is 17.2 Å². The van der Waals surface area contributed by atoms with Gasteiger partial charge in [-0.1, -0.05) is 0 Å². The summed E-state index contributed by atoms with van der Waals surface area (Å²) in [5, 5.41) is 8.37. The van der Waals surface area contributed by atoms with Gasteiger partial charge in [-0.05, 0) is 49.7 Å². The van der Waals surface area contributed by atoms with E-state index in [0.29, 0.717) is 6.04 Å². The fourth-order valence-corrected chi connectivity index (χ4v) is 2.89. The van der Waals surface area contributed by atoms with E-state index in [2.05, 4.69) is 10.6 Å². The van der Waals surface area contributed by atoms with Crippen molar-refractivity contribution in [2.45, 2.75) is 32.2 Å². The number of thiophene rings is 1. The minimum Gasteiger partial charge on any atom is -0.351 e. The minimum absolute atomic E-state index is 0.0745. The molecule has 3 nitrogen and oxygen atoms in total. The Labute approximate surface area is 100 Å². The van der Waals surface area contributed by atoms with E-state index in [1.807, 2.05) is 18.4 Å². The highest BCUT2D eigenvalue weighted by molar-refractivity contribution is 7.12. The quantitative estimate of drug-likeness (QED) is 0.841. The lowest BCUT2D eigenvalue weighted by molar-refractivity contribution is 0.0956. The van der Waals surface area contributed by atoms with E-state index in [4.69, 9.17) is 0 Å². The molecule has 0 radical (unpaired) electrons. The zero-order valence-electron chi connectivity index (χ0n) is 9.58. The molecular formula is C12H18N2OS. The van der Waals surface area contributed by atoms with Gasteiger partial charge in [0.05, 0.1) is 4.88 Å². The molecule has 1 aliphatic rings. The van der Waals surface area contributed by atoms with Crippen LogP contribution < -0.4 is 10.6 Å². The Kier molecular flexibility index (Phi) is 3.96. The van der Waals surface area contributed by atoms with E-state index in [-0.39, 0.29) is 5.91 Å². The number of carbonyl (C=O) groups is 1. The predicted octanol–water partition coefficient (Wildman–Crippen LogP) is 1.93. The van der Waals surface area contributed by atoms with Gasteiger partial charge in [0.25, 0.3) is 5.91 Å². The molecular weight excluding hydrogens is 220 g/mol. The van der Waals surface area contributed by atoms with Gasteiger partial charge in [-0.3, -0.25) is 4.79 Å². The zero-order valence-corrected chi connectivity index (χ0v) is 10.4. The predicted molar refractivity (Wildman–Crippen MR) is 67.0 cm³/mol. The van der Waals surface area contributed by atoms with E-state index in [0.717, 1.165) is 30.0 Å². The van der Waals surface area contributed by atoms with E-state index in [1.165, 1.54) is 24.2 Å². The summed E-state index contributed by atoms with van der Waals surface area (Å²) >= 11 is 1.51. The zero-order chi connectivity index (χ0) is 11.4. The summed E-state index contributed by atoms with van der Waals surface area (Å²) < 4.78 is 0. The number of rotatable bonds is 4. The molecule has 0 bridgehead atoms. The first-order valence-corrected chi connectivity index (χ1v) is 6.71. The van der Waals surface area contributed by atoms with Gasteiger partial charge in [0, 0.05) is 12.6 Å². The van der Waals surface area contributed by atoms with Gasteiger partial charge in [-0.15, -0.1) is 11.3 Å². The van der Waals surface area contributed by atoms with Crippen molar-refractivity contribution in [2.24, 2.45) is 0 Å². The monoisotopic (exact) mass is 238 g/mol. The van der Waals surface area contributed by atoms with Crippen molar-refractivity contribution in [3.05, 3.63) is 21.9 Å². The number of carbonyl (C=O) groups excluding carboxylic acids is 1. The van der Waals surface area contributed by atoms with Crippen molar-refractivity contribution in [1.82, 2.24) is 10.6 Å². The van der Waals surface area contributed by atoms with Crippen LogP contribution in [-0.2, 0) is 0 Å². The molecule has 1 aromatic heterocycles. The van der Waals surface area contributed by atoms with Crippen molar-refractivity contribution in [2.75, 3.05) is 13.1 Å². The average molecular weight is 238 g/mol. The molecule has 0 aromatic carbocycles. The van der Waals surface area contributed by atoms with Crippen LogP contribution in [0.2, 0.25) is 0 Å². The highest BCUT2D eigenvalue weighted by atomic mass is 32.1. The summed E-state index contributed by atoms with van der Waals surface area (Å²) in [4.78, 5) is 12.6. The van der Waals surface area contributed by atoms with Crippen LogP contribution in [-0.4, -0.2) is 25.0 Å². The average Bonchev–Trinajstić information content (AvgIpc) is 2.88. The van der Waals surface area contributed by atoms with Crippen molar-refractivity contribution in [1.29, 1.82) is 0 Å². The smallest absolute Gasteiger partial charge is 0.261 e. The van der Waals surface area contributed by atoms with Crippen molar-refractivity contribution in [3.63, 3.8) is 0 Å². The third-order valence-corrected chi connectivity index (χ3v) is 4.02. The van der Waals surface area contributed by atoms with Gasteiger partial charge in [-0.2, -0.15) is 0 Å². The highest BCUT2D eigenvalue weighted by Crippen LogP contribution is 2.15. The number of nitrogens with one attached hydrogen (secondary N) is 2. The molecule has 2 heterocycles. The van der Waals surface area contributed by atoms with Gasteiger partial charge in [0.1, 0.15) is 0 Å². The van der Waals surface area contributed by atoms with Crippen LogP contribution in [0, 0.1) is 6.92 Å². The van der Waals surface area contributed by atoms with Crippen LogP contribution in [0.3, 0.4) is 0 Å². The highest BCUT2D eigenvalue weighted by Gasteiger charge is 2.14. The first kappa shape index (κ1) is 11.6. The Balaban J connectivity index is 1.73. The van der Waals surface area contributed by atoms with E-state index < -0.39 is 0 Å². The fraction of sp³-hybridized carbons (Fsp3) is 0.583. The lowest BCUT2D eigenvalue weighted by Crippen LogP contribution is -2.30. The maximum atomic E-state index is 11.8. The largest absolute Gasteiger partial charge is 0.351 e. The Hall–Kier alpha value is -0.870. The minimum atomic E-state index is 0.0745. The molecule has 0 saturated carbocycles. The molecule has 88 valence electrons. The van der Waals surface area contributed by atoms with E-state index >= 15 is 0 Å². The summed E-state index contributed by atoms with van der Waals surface area (Å²) in [5.41, 5.74) is 1.07. The Morgan fingerprint density at radius 2 is 2.56 bits per heavy atom. The number of hydrogen-bond donors (Lipinski definition) is 2. The van der Waals surface area contributed by atoms with Gasteiger partial charge >= 0.3 is 0 Å². The van der Waals surface area contributed by atoms with Gasteiger partial charge < -0.3 is 10.6 Å². The maximum absolute atomic E-state index is 11.8. The molecule has 1 saturated heterocycles. The molecule has 16 heavy (non-hydrogen) atoms. The normalized spacial score (nSPS) is 19.9. The molecule has 2 rings (SSSR count). The molecule has 1 fully saturated rings. The van der Waals surface area contributed by atoms with Crippen molar-refractivity contribution < 1.29 is 4.79 Å². The topological polar surface area (TPSA) is 41.1 Å². The van der Waals surface area contributed by atoms with Crippen LogP contribution in [0.1, 0.15) is 34.5 Å². The Morgan fingerprint density at radius 1 is 1.69 bits per heavy atom. The van der Waals surface area contributed by atoms with Gasteiger partial charge in [0.2, 0.25) is 0 Å². The standard InChI is InChI=1S/C12H18N2OS/c1-9-5-8-16-11(9)12(15)14-7-4-10-3-2-6-13-10/h5,8,10,13H,2-4,6-7H2,1H3,(H,14,15)/t10-/m1/s1. The number of hydrogen-bond acceptors (Lipinski definition) is 3. The first-order chi connectivity index (χ1) is 7.77. The molecule has 1 aromatic rings. The van der Waals surface area contributed by atoms with Gasteiger partial charge in [0.15, 0.2) is 0 Å². The van der Waals surface area contributed by atoms with Crippen LogP contribution in [0.25, 0.3) is 0 Å². The second kappa shape index (κ2) is 5.46. The first-order valence-electron chi connectivity index (χ1n) is 5.83.